The third-order valence-corrected chi connectivity index (χ3v) is 5.34. The molecule has 0 aliphatic carbocycles. The zero-order valence-electron chi connectivity index (χ0n) is 9.97. The molecule has 0 saturated heterocycles. The van der Waals surface area contributed by atoms with E-state index >= 15 is 0 Å². The molecule has 19 heavy (non-hydrogen) atoms. The highest BCUT2D eigenvalue weighted by molar-refractivity contribution is 9.10. The first-order valence-corrected chi connectivity index (χ1v) is 8.31. The van der Waals surface area contributed by atoms with E-state index < -0.39 is 0 Å². The van der Waals surface area contributed by atoms with Crippen LogP contribution < -0.4 is 5.73 Å². The summed E-state index contributed by atoms with van der Waals surface area (Å²) in [6.07, 6.45) is 0. The van der Waals surface area contributed by atoms with Crippen molar-refractivity contribution in [3.05, 3.63) is 51.1 Å². The number of benzene rings is 1. The maximum atomic E-state index is 5.68. The van der Waals surface area contributed by atoms with Crippen LogP contribution in [0.2, 0.25) is 0 Å². The minimum atomic E-state index is 0.559. The molecule has 0 unspecified atom stereocenters. The van der Waals surface area contributed by atoms with E-state index in [1.165, 1.54) is 4.88 Å². The number of nitrogens with zero attached hydrogens (tertiary/aromatic N) is 1. The number of nitrogens with two attached hydrogens (primary N) is 1. The molecular formula is C14H11BrN2S2. The van der Waals surface area contributed by atoms with E-state index in [1.54, 1.807) is 22.7 Å². The fourth-order valence-electron chi connectivity index (χ4n) is 1.80. The number of hydrogen-bond donors (Lipinski definition) is 1. The van der Waals surface area contributed by atoms with Gasteiger partial charge < -0.3 is 5.73 Å². The van der Waals surface area contributed by atoms with Crippen molar-refractivity contribution >= 4 is 38.6 Å². The van der Waals surface area contributed by atoms with Gasteiger partial charge in [-0.05, 0) is 33.6 Å². The van der Waals surface area contributed by atoms with Crippen molar-refractivity contribution in [3.8, 4) is 21.1 Å². The molecule has 0 atom stereocenters. The highest BCUT2D eigenvalue weighted by Crippen LogP contribution is 2.33. The summed E-state index contributed by atoms with van der Waals surface area (Å²) in [5.74, 6) is 0. The average molecular weight is 351 g/mol. The number of halogens is 1. The predicted molar refractivity (Wildman–Crippen MR) is 86.5 cm³/mol. The normalized spacial score (nSPS) is 10.8. The zero-order valence-corrected chi connectivity index (χ0v) is 13.2. The Bertz CT molecular complexity index is 703. The molecule has 5 heteroatoms. The lowest BCUT2D eigenvalue weighted by Gasteiger charge is -1.99. The minimum Gasteiger partial charge on any atom is -0.326 e. The van der Waals surface area contributed by atoms with Crippen molar-refractivity contribution < 1.29 is 0 Å². The lowest BCUT2D eigenvalue weighted by Crippen LogP contribution is -1.95. The SMILES string of the molecule is NCc1cccc(-c2nc(-c3cc(Br)cs3)cs2)c1. The maximum Gasteiger partial charge on any atom is 0.124 e. The molecular weight excluding hydrogens is 340 g/mol. The van der Waals surface area contributed by atoms with Crippen LogP contribution in [0.4, 0.5) is 0 Å². The molecule has 0 spiro atoms. The Morgan fingerprint density at radius 1 is 1.16 bits per heavy atom. The second-order valence-electron chi connectivity index (χ2n) is 4.07. The summed E-state index contributed by atoms with van der Waals surface area (Å²) in [5.41, 5.74) is 8.98. The smallest absolute Gasteiger partial charge is 0.124 e. The topological polar surface area (TPSA) is 38.9 Å². The van der Waals surface area contributed by atoms with Gasteiger partial charge in [0.05, 0.1) is 10.6 Å². The minimum absolute atomic E-state index is 0.559. The van der Waals surface area contributed by atoms with Crippen molar-refractivity contribution in [2.24, 2.45) is 5.73 Å². The lowest BCUT2D eigenvalue weighted by molar-refractivity contribution is 1.07. The molecule has 2 aromatic heterocycles. The number of thiazole rings is 1. The summed E-state index contributed by atoms with van der Waals surface area (Å²) in [6, 6.07) is 10.3. The monoisotopic (exact) mass is 350 g/mol. The van der Waals surface area contributed by atoms with Gasteiger partial charge in [-0.1, -0.05) is 18.2 Å². The van der Waals surface area contributed by atoms with Crippen LogP contribution in [0.1, 0.15) is 5.56 Å². The van der Waals surface area contributed by atoms with Crippen LogP contribution in [0, 0.1) is 0 Å². The Hall–Kier alpha value is -1.01. The van der Waals surface area contributed by atoms with Gasteiger partial charge >= 0.3 is 0 Å². The van der Waals surface area contributed by atoms with Crippen molar-refractivity contribution in [2.45, 2.75) is 6.54 Å². The van der Waals surface area contributed by atoms with E-state index in [9.17, 15) is 0 Å². The molecule has 0 aliphatic heterocycles. The van der Waals surface area contributed by atoms with E-state index in [0.717, 1.165) is 26.3 Å². The zero-order chi connectivity index (χ0) is 13.2. The van der Waals surface area contributed by atoms with Gasteiger partial charge in [0.2, 0.25) is 0 Å². The van der Waals surface area contributed by atoms with Crippen LogP contribution in [-0.2, 0) is 6.54 Å². The summed E-state index contributed by atoms with van der Waals surface area (Å²) in [7, 11) is 0. The van der Waals surface area contributed by atoms with Gasteiger partial charge in [0.15, 0.2) is 0 Å². The Labute approximate surface area is 128 Å². The van der Waals surface area contributed by atoms with Crippen molar-refractivity contribution in [1.29, 1.82) is 0 Å². The first-order valence-electron chi connectivity index (χ1n) is 5.75. The van der Waals surface area contributed by atoms with Gasteiger partial charge in [-0.15, -0.1) is 22.7 Å². The van der Waals surface area contributed by atoms with E-state index in [0.29, 0.717) is 6.54 Å². The molecule has 0 radical (unpaired) electrons. The van der Waals surface area contributed by atoms with Crippen LogP contribution in [-0.4, -0.2) is 4.98 Å². The third-order valence-electron chi connectivity index (χ3n) is 2.73. The molecule has 2 nitrogen and oxygen atoms in total. The van der Waals surface area contributed by atoms with Crippen LogP contribution >= 0.6 is 38.6 Å². The number of thiophene rings is 1. The molecule has 3 rings (SSSR count). The van der Waals surface area contributed by atoms with Crippen LogP contribution in [0.5, 0.6) is 0 Å². The van der Waals surface area contributed by atoms with Crippen molar-refractivity contribution in [3.63, 3.8) is 0 Å². The summed E-state index contributed by atoms with van der Waals surface area (Å²) < 4.78 is 1.10. The van der Waals surface area contributed by atoms with E-state index in [-0.39, 0.29) is 0 Å². The van der Waals surface area contributed by atoms with E-state index in [4.69, 9.17) is 10.7 Å². The Morgan fingerprint density at radius 3 is 2.79 bits per heavy atom. The van der Waals surface area contributed by atoms with E-state index in [2.05, 4.69) is 44.9 Å². The highest BCUT2D eigenvalue weighted by atomic mass is 79.9. The first kappa shape index (κ1) is 13.0. The third kappa shape index (κ3) is 2.79. The Kier molecular flexibility index (Phi) is 3.79. The van der Waals surface area contributed by atoms with Crippen LogP contribution in [0.15, 0.2) is 45.6 Å². The van der Waals surface area contributed by atoms with Crippen LogP contribution in [0.3, 0.4) is 0 Å². The molecule has 0 bridgehead atoms. The molecule has 0 aliphatic rings. The molecule has 1 aromatic carbocycles. The first-order chi connectivity index (χ1) is 9.26. The fourth-order valence-corrected chi connectivity index (χ4v) is 4.08. The average Bonchev–Trinajstić information content (AvgIpc) is 3.07. The molecule has 2 N–H and O–H groups in total. The van der Waals surface area contributed by atoms with Crippen molar-refractivity contribution in [1.82, 2.24) is 4.98 Å². The van der Waals surface area contributed by atoms with Crippen LogP contribution in [0.25, 0.3) is 21.1 Å². The standard InChI is InChI=1S/C14H11BrN2S2/c15-11-5-13(18-7-11)12-8-19-14(17-12)10-3-1-2-9(4-10)6-16/h1-5,7-8H,6,16H2. The second-order valence-corrected chi connectivity index (χ2v) is 6.76. The number of rotatable bonds is 3. The van der Waals surface area contributed by atoms with Gasteiger partial charge in [-0.2, -0.15) is 0 Å². The van der Waals surface area contributed by atoms with Gasteiger partial charge in [-0.3, -0.25) is 0 Å². The maximum absolute atomic E-state index is 5.68. The van der Waals surface area contributed by atoms with Gasteiger partial charge in [0.25, 0.3) is 0 Å². The predicted octanol–water partition coefficient (Wildman–Crippen LogP) is 4.76. The molecule has 0 amide bonds. The Morgan fingerprint density at radius 2 is 2.05 bits per heavy atom. The second kappa shape index (κ2) is 5.54. The van der Waals surface area contributed by atoms with Gasteiger partial charge in [0.1, 0.15) is 5.01 Å². The van der Waals surface area contributed by atoms with Gasteiger partial charge in [-0.25, -0.2) is 4.98 Å². The summed E-state index contributed by atoms with van der Waals surface area (Å²) in [4.78, 5) is 5.89. The highest BCUT2D eigenvalue weighted by Gasteiger charge is 2.08. The lowest BCUT2D eigenvalue weighted by atomic mass is 10.1. The van der Waals surface area contributed by atoms with Gasteiger partial charge in [0, 0.05) is 27.3 Å². The van der Waals surface area contributed by atoms with E-state index in [1.807, 2.05) is 12.1 Å². The molecule has 2 heterocycles. The fraction of sp³-hybridized carbons (Fsp3) is 0.0714. The van der Waals surface area contributed by atoms with Crippen molar-refractivity contribution in [2.75, 3.05) is 0 Å². The molecule has 0 fully saturated rings. The largest absolute Gasteiger partial charge is 0.326 e. The molecule has 3 aromatic rings. The molecule has 96 valence electrons. The summed E-state index contributed by atoms with van der Waals surface area (Å²) in [6.45, 7) is 0.559. The number of hydrogen-bond acceptors (Lipinski definition) is 4. The summed E-state index contributed by atoms with van der Waals surface area (Å²) >= 11 is 6.83. The summed E-state index contributed by atoms with van der Waals surface area (Å²) in [5, 5.41) is 5.21. The number of aromatic nitrogens is 1. The quantitative estimate of drug-likeness (QED) is 0.739. The molecule has 0 saturated carbocycles. The Balaban J connectivity index is 1.96.